The van der Waals surface area contributed by atoms with Gasteiger partial charge >= 0.3 is 0 Å². The van der Waals surface area contributed by atoms with E-state index in [1.807, 2.05) is 47.5 Å². The first-order chi connectivity index (χ1) is 19.0. The molecular weight excluding hydrogens is 484 g/mol. The molecule has 1 N–H and O–H groups in total. The molecule has 5 nitrogen and oxygen atoms in total. The minimum absolute atomic E-state index is 0.0151. The number of ketones is 1. The summed E-state index contributed by atoms with van der Waals surface area (Å²) in [5.41, 5.74) is 7.79. The number of ether oxygens (including phenoxy) is 1. The number of para-hydroxylation sites is 1. The predicted octanol–water partition coefficient (Wildman–Crippen LogP) is 7.52. The number of Topliss-reactive ketones (excluding diaryl/α,β-unsaturated/α-hetero) is 1. The molecule has 4 rings (SSSR count). The normalized spacial score (nSPS) is 12.5. The van der Waals surface area contributed by atoms with Crippen LogP contribution in [0.25, 0.3) is 22.8 Å². The molecule has 1 aromatic heterocycles. The molecule has 2 aromatic carbocycles. The van der Waals surface area contributed by atoms with Crippen LogP contribution in [0.4, 0.5) is 0 Å². The van der Waals surface area contributed by atoms with Gasteiger partial charge in [0.05, 0.1) is 7.11 Å². The van der Waals surface area contributed by atoms with Crippen LogP contribution in [0.3, 0.4) is 0 Å². The number of fused-ring (bicyclic) bond motifs is 1. The van der Waals surface area contributed by atoms with E-state index in [4.69, 9.17) is 4.74 Å². The van der Waals surface area contributed by atoms with Crippen molar-refractivity contribution >= 4 is 23.3 Å². The number of aromatic amines is 1. The number of methoxy groups -OCH3 is 1. The fourth-order valence-electron chi connectivity index (χ4n) is 5.27. The van der Waals surface area contributed by atoms with Gasteiger partial charge in [-0.05, 0) is 54.7 Å². The summed E-state index contributed by atoms with van der Waals surface area (Å²) in [5, 5.41) is 0. The summed E-state index contributed by atoms with van der Waals surface area (Å²) in [6.07, 6.45) is 13.6. The molecular formula is C34H40N2O3. The Morgan fingerprint density at radius 2 is 1.82 bits per heavy atom. The van der Waals surface area contributed by atoms with E-state index in [0.29, 0.717) is 12.1 Å². The van der Waals surface area contributed by atoms with E-state index in [-0.39, 0.29) is 18.1 Å². The fraction of sp³-hybridized carbons (Fsp3) is 0.353. The van der Waals surface area contributed by atoms with Gasteiger partial charge in [-0.1, -0.05) is 69.2 Å². The number of carbonyl (C=O) groups excluding carboxylic acids is 2. The zero-order valence-electron chi connectivity index (χ0n) is 23.7. The Morgan fingerprint density at radius 1 is 1.00 bits per heavy atom. The van der Waals surface area contributed by atoms with Crippen LogP contribution >= 0.6 is 0 Å². The van der Waals surface area contributed by atoms with Crippen LogP contribution < -0.4 is 4.74 Å². The van der Waals surface area contributed by atoms with Crippen LogP contribution in [0.15, 0.2) is 60.8 Å². The standard InChI is InChI=1S/C34H40N2O3/c1-5-7-10-19-36(18-6-2)34(38)29-21-26(16-17-27(29)20-24(3)37)25-12-11-14-32-30(22-25)31(23-35-32)28-13-8-9-15-33(28)39-4/h8-9,11-13,15-17,21-23,35H,5-7,10,14,18-20H2,1-4H3. The lowest BCUT2D eigenvalue weighted by atomic mass is 9.94. The predicted molar refractivity (Wildman–Crippen MR) is 160 cm³/mol. The van der Waals surface area contributed by atoms with Crippen molar-refractivity contribution in [3.8, 4) is 16.9 Å². The van der Waals surface area contributed by atoms with Crippen LogP contribution in [0.5, 0.6) is 5.75 Å². The first kappa shape index (κ1) is 28.2. The lowest BCUT2D eigenvalue weighted by Gasteiger charge is -2.24. The van der Waals surface area contributed by atoms with Crippen LogP contribution in [-0.2, 0) is 17.6 Å². The minimum atomic E-state index is 0.0151. The van der Waals surface area contributed by atoms with Crippen molar-refractivity contribution in [1.29, 1.82) is 0 Å². The highest BCUT2D eigenvalue weighted by molar-refractivity contribution is 6.00. The first-order valence-electron chi connectivity index (χ1n) is 14.1. The van der Waals surface area contributed by atoms with E-state index in [2.05, 4.69) is 43.1 Å². The fourth-order valence-corrected chi connectivity index (χ4v) is 5.27. The SMILES string of the molecule is CCCCCN(CCC)C(=O)c1cc(C2=Cc3c(-c4ccccc4OC)c[nH]c3CC=C2)ccc1CC(C)=O. The van der Waals surface area contributed by atoms with Gasteiger partial charge in [0.2, 0.25) is 0 Å². The summed E-state index contributed by atoms with van der Waals surface area (Å²) in [5.74, 6) is 0.894. The Bertz CT molecular complexity index is 1380. The smallest absolute Gasteiger partial charge is 0.254 e. The Labute approximate surface area is 232 Å². The van der Waals surface area contributed by atoms with Gasteiger partial charge in [-0.15, -0.1) is 0 Å². The Hall–Kier alpha value is -3.86. The highest BCUT2D eigenvalue weighted by atomic mass is 16.5. The van der Waals surface area contributed by atoms with Crippen molar-refractivity contribution in [1.82, 2.24) is 9.88 Å². The molecule has 3 aromatic rings. The number of nitrogens with one attached hydrogen (secondary N) is 1. The number of allylic oxidation sites excluding steroid dienone is 3. The summed E-state index contributed by atoms with van der Waals surface area (Å²) in [7, 11) is 1.69. The third-order valence-corrected chi connectivity index (χ3v) is 7.25. The average molecular weight is 525 g/mol. The molecule has 0 fully saturated rings. The maximum atomic E-state index is 13.9. The van der Waals surface area contributed by atoms with E-state index in [1.165, 1.54) is 0 Å². The van der Waals surface area contributed by atoms with Gasteiger partial charge < -0.3 is 14.6 Å². The number of carbonyl (C=O) groups is 2. The summed E-state index contributed by atoms with van der Waals surface area (Å²) in [6.45, 7) is 7.30. The van der Waals surface area contributed by atoms with Gasteiger partial charge in [0.15, 0.2) is 0 Å². The topological polar surface area (TPSA) is 62.4 Å². The van der Waals surface area contributed by atoms with Crippen molar-refractivity contribution in [3.63, 3.8) is 0 Å². The number of hydrogen-bond donors (Lipinski definition) is 1. The van der Waals surface area contributed by atoms with Crippen molar-refractivity contribution in [2.75, 3.05) is 20.2 Å². The molecule has 1 aliphatic rings. The quantitative estimate of drug-likeness (QED) is 0.249. The second-order valence-electron chi connectivity index (χ2n) is 10.3. The van der Waals surface area contributed by atoms with Crippen LogP contribution in [-0.4, -0.2) is 41.8 Å². The van der Waals surface area contributed by atoms with Crippen LogP contribution in [0.1, 0.15) is 79.2 Å². The number of nitrogens with zero attached hydrogens (tertiary/aromatic N) is 1. The van der Waals surface area contributed by atoms with E-state index in [0.717, 1.165) is 83.5 Å². The second kappa shape index (κ2) is 13.3. The van der Waals surface area contributed by atoms with Crippen LogP contribution in [0.2, 0.25) is 0 Å². The van der Waals surface area contributed by atoms with Crippen molar-refractivity contribution < 1.29 is 14.3 Å². The number of unbranched alkanes of at least 4 members (excludes halogenated alkanes) is 2. The third-order valence-electron chi connectivity index (χ3n) is 7.25. The van der Waals surface area contributed by atoms with Gasteiger partial charge in [0, 0.05) is 60.1 Å². The number of hydrogen-bond acceptors (Lipinski definition) is 3. The minimum Gasteiger partial charge on any atom is -0.496 e. The lowest BCUT2D eigenvalue weighted by molar-refractivity contribution is -0.116. The summed E-state index contributed by atoms with van der Waals surface area (Å²) >= 11 is 0. The summed E-state index contributed by atoms with van der Waals surface area (Å²) in [4.78, 5) is 31.4. The van der Waals surface area contributed by atoms with Gasteiger partial charge in [-0.2, -0.15) is 0 Å². The monoisotopic (exact) mass is 524 g/mol. The molecule has 0 atom stereocenters. The van der Waals surface area contributed by atoms with Gasteiger partial charge in [-0.3, -0.25) is 9.59 Å². The maximum absolute atomic E-state index is 13.9. The Kier molecular flexibility index (Phi) is 9.59. The zero-order valence-corrected chi connectivity index (χ0v) is 23.7. The number of aromatic nitrogens is 1. The second-order valence-corrected chi connectivity index (χ2v) is 10.3. The van der Waals surface area contributed by atoms with Gasteiger partial charge in [0.1, 0.15) is 11.5 Å². The third kappa shape index (κ3) is 6.59. The number of rotatable bonds is 12. The molecule has 0 saturated heterocycles. The van der Waals surface area contributed by atoms with Crippen LogP contribution in [0, 0.1) is 0 Å². The highest BCUT2D eigenvalue weighted by Crippen LogP contribution is 2.37. The first-order valence-corrected chi connectivity index (χ1v) is 14.1. The molecule has 0 saturated carbocycles. The van der Waals surface area contributed by atoms with E-state index >= 15 is 0 Å². The van der Waals surface area contributed by atoms with Crippen molar-refractivity contribution in [2.24, 2.45) is 0 Å². The Balaban J connectivity index is 1.77. The molecule has 39 heavy (non-hydrogen) atoms. The molecule has 1 amide bonds. The summed E-state index contributed by atoms with van der Waals surface area (Å²) in [6, 6.07) is 14.0. The average Bonchev–Trinajstić information content (AvgIpc) is 3.21. The Morgan fingerprint density at radius 3 is 2.56 bits per heavy atom. The largest absolute Gasteiger partial charge is 0.496 e. The van der Waals surface area contributed by atoms with E-state index in [9.17, 15) is 9.59 Å². The highest BCUT2D eigenvalue weighted by Gasteiger charge is 2.21. The number of benzene rings is 2. The lowest BCUT2D eigenvalue weighted by Crippen LogP contribution is -2.33. The number of H-pyrrole nitrogens is 1. The molecule has 0 aliphatic heterocycles. The van der Waals surface area contributed by atoms with Gasteiger partial charge in [0.25, 0.3) is 5.91 Å². The van der Waals surface area contributed by atoms with Crippen molar-refractivity contribution in [2.45, 2.75) is 59.3 Å². The van der Waals surface area contributed by atoms with E-state index < -0.39 is 0 Å². The van der Waals surface area contributed by atoms with E-state index in [1.54, 1.807) is 14.0 Å². The summed E-state index contributed by atoms with van der Waals surface area (Å²) < 4.78 is 5.65. The van der Waals surface area contributed by atoms with Crippen molar-refractivity contribution in [3.05, 3.63) is 88.8 Å². The molecule has 0 spiro atoms. The zero-order chi connectivity index (χ0) is 27.8. The number of amides is 1. The molecule has 5 heteroatoms. The maximum Gasteiger partial charge on any atom is 0.254 e. The molecule has 1 heterocycles. The molecule has 0 bridgehead atoms. The molecule has 0 radical (unpaired) electrons. The van der Waals surface area contributed by atoms with Gasteiger partial charge in [-0.25, -0.2) is 0 Å². The molecule has 204 valence electrons. The molecule has 1 aliphatic carbocycles. The molecule has 0 unspecified atom stereocenters.